The van der Waals surface area contributed by atoms with Crippen LogP contribution in [0.25, 0.3) is 0 Å². The summed E-state index contributed by atoms with van der Waals surface area (Å²) in [6, 6.07) is 6.73. The van der Waals surface area contributed by atoms with Crippen molar-refractivity contribution in [3.63, 3.8) is 0 Å². The Morgan fingerprint density at radius 1 is 1.47 bits per heavy atom. The van der Waals surface area contributed by atoms with Crippen LogP contribution in [-0.4, -0.2) is 36.3 Å². The van der Waals surface area contributed by atoms with Crippen LogP contribution in [0.3, 0.4) is 0 Å². The lowest BCUT2D eigenvalue weighted by Gasteiger charge is -2.24. The van der Waals surface area contributed by atoms with Crippen LogP contribution in [0.15, 0.2) is 24.3 Å². The van der Waals surface area contributed by atoms with Crippen LogP contribution in [0.5, 0.6) is 5.75 Å². The van der Waals surface area contributed by atoms with E-state index in [2.05, 4.69) is 12.2 Å². The van der Waals surface area contributed by atoms with E-state index in [1.807, 2.05) is 0 Å². The molecule has 1 atom stereocenters. The normalized spacial score (nSPS) is 13.8. The van der Waals surface area contributed by atoms with Crippen LogP contribution in [0.4, 0.5) is 0 Å². The number of aliphatic hydroxyl groups is 1. The van der Waals surface area contributed by atoms with Gasteiger partial charge in [-0.15, -0.1) is 0 Å². The van der Waals surface area contributed by atoms with E-state index >= 15 is 0 Å². The van der Waals surface area contributed by atoms with E-state index in [0.29, 0.717) is 17.9 Å². The highest BCUT2D eigenvalue weighted by atomic mass is 16.5. The number of ether oxygens (including phenoxy) is 1. The summed E-state index contributed by atoms with van der Waals surface area (Å²) in [5, 5.41) is 13.3. The van der Waals surface area contributed by atoms with Crippen LogP contribution in [-0.2, 0) is 0 Å². The monoisotopic (exact) mass is 266 g/mol. The Kier molecular flexibility index (Phi) is 5.79. The maximum absolute atomic E-state index is 11.2. The van der Waals surface area contributed by atoms with E-state index in [4.69, 9.17) is 10.5 Å². The lowest BCUT2D eigenvalue weighted by molar-refractivity contribution is 0.0122. The van der Waals surface area contributed by atoms with Crippen LogP contribution in [0, 0.1) is 0 Å². The van der Waals surface area contributed by atoms with Crippen molar-refractivity contribution in [2.45, 2.75) is 25.9 Å². The maximum atomic E-state index is 11.2. The molecule has 1 unspecified atom stereocenters. The number of rotatable bonds is 8. The molecule has 0 heterocycles. The second-order valence-electron chi connectivity index (χ2n) is 4.82. The fraction of sp³-hybridized carbons (Fsp3) is 0.500. The predicted octanol–water partition coefficient (Wildman–Crippen LogP) is 0.915. The zero-order chi connectivity index (χ0) is 14.3. The maximum Gasteiger partial charge on any atom is 0.252 e. The summed E-state index contributed by atoms with van der Waals surface area (Å²) in [5.41, 5.74) is 4.58. The Balaban J connectivity index is 2.58. The molecule has 0 aromatic heterocycles. The average molecular weight is 266 g/mol. The highest BCUT2D eigenvalue weighted by Crippen LogP contribution is 2.18. The van der Waals surface area contributed by atoms with Crippen molar-refractivity contribution in [1.82, 2.24) is 5.32 Å². The quantitative estimate of drug-likeness (QED) is 0.611. The summed E-state index contributed by atoms with van der Waals surface area (Å²) < 4.78 is 5.50. The molecule has 106 valence electrons. The van der Waals surface area contributed by atoms with Gasteiger partial charge in [-0.2, -0.15) is 0 Å². The minimum Gasteiger partial charge on any atom is -0.490 e. The van der Waals surface area contributed by atoms with Gasteiger partial charge in [0.2, 0.25) is 0 Å². The van der Waals surface area contributed by atoms with Gasteiger partial charge in [0.15, 0.2) is 0 Å². The van der Waals surface area contributed by atoms with Gasteiger partial charge in [-0.25, -0.2) is 0 Å². The van der Waals surface area contributed by atoms with Crippen LogP contribution < -0.4 is 15.8 Å². The van der Waals surface area contributed by atoms with Gasteiger partial charge in [0.1, 0.15) is 18.0 Å². The van der Waals surface area contributed by atoms with E-state index in [0.717, 1.165) is 13.0 Å². The number of hydrogen-bond acceptors (Lipinski definition) is 4. The number of para-hydroxylation sites is 1. The zero-order valence-corrected chi connectivity index (χ0v) is 11.5. The molecule has 0 saturated carbocycles. The Labute approximate surface area is 113 Å². The number of amides is 1. The van der Waals surface area contributed by atoms with E-state index in [1.54, 1.807) is 31.2 Å². The molecular weight excluding hydrogens is 244 g/mol. The molecule has 19 heavy (non-hydrogen) atoms. The molecule has 1 aromatic carbocycles. The topological polar surface area (TPSA) is 84.6 Å². The Morgan fingerprint density at radius 3 is 2.79 bits per heavy atom. The number of hydrogen-bond donors (Lipinski definition) is 3. The highest BCUT2D eigenvalue weighted by molar-refractivity contribution is 5.95. The molecule has 1 aromatic rings. The zero-order valence-electron chi connectivity index (χ0n) is 11.5. The number of carbonyl (C=O) groups excluding carboxylic acids is 1. The Hall–Kier alpha value is -1.59. The number of nitrogens with two attached hydrogens (primary N) is 1. The molecule has 4 N–H and O–H groups in total. The molecule has 1 rings (SSSR count). The van der Waals surface area contributed by atoms with Crippen LogP contribution >= 0.6 is 0 Å². The van der Waals surface area contributed by atoms with Gasteiger partial charge in [0.05, 0.1) is 5.56 Å². The molecule has 0 aliphatic rings. The third-order valence-corrected chi connectivity index (χ3v) is 2.62. The second kappa shape index (κ2) is 7.11. The molecule has 0 fully saturated rings. The summed E-state index contributed by atoms with van der Waals surface area (Å²) in [6.45, 7) is 5.10. The Bertz CT molecular complexity index is 419. The molecule has 0 aliphatic heterocycles. The molecular formula is C14H22N2O3. The molecule has 0 bridgehead atoms. The molecule has 0 aliphatic carbocycles. The van der Waals surface area contributed by atoms with Crippen molar-refractivity contribution in [3.8, 4) is 5.75 Å². The number of primary amides is 1. The summed E-state index contributed by atoms with van der Waals surface area (Å²) in [4.78, 5) is 11.2. The predicted molar refractivity (Wildman–Crippen MR) is 74.2 cm³/mol. The van der Waals surface area contributed by atoms with E-state index in [-0.39, 0.29) is 6.61 Å². The summed E-state index contributed by atoms with van der Waals surface area (Å²) in [5.74, 6) is -0.148. The number of benzene rings is 1. The lowest BCUT2D eigenvalue weighted by Crippen LogP contribution is -2.43. The van der Waals surface area contributed by atoms with Crippen molar-refractivity contribution < 1.29 is 14.6 Å². The minimum absolute atomic E-state index is 0.0913. The fourth-order valence-electron chi connectivity index (χ4n) is 1.61. The third-order valence-electron chi connectivity index (χ3n) is 2.62. The molecule has 5 nitrogen and oxygen atoms in total. The van der Waals surface area contributed by atoms with Crippen molar-refractivity contribution in [2.24, 2.45) is 5.73 Å². The first kappa shape index (κ1) is 15.5. The first-order valence-corrected chi connectivity index (χ1v) is 6.41. The van der Waals surface area contributed by atoms with E-state index < -0.39 is 11.5 Å². The highest BCUT2D eigenvalue weighted by Gasteiger charge is 2.21. The number of nitrogens with one attached hydrogen (secondary N) is 1. The lowest BCUT2D eigenvalue weighted by atomic mass is 10.1. The second-order valence-corrected chi connectivity index (χ2v) is 4.82. The molecule has 0 radical (unpaired) electrons. The first-order chi connectivity index (χ1) is 8.96. The summed E-state index contributed by atoms with van der Waals surface area (Å²) in [6.07, 6.45) is 1.00. The standard InChI is InChI=1S/C14H22N2O3/c1-3-8-16-9-14(2,18)10-19-12-7-5-4-6-11(12)13(15)17/h4-7,16,18H,3,8-10H2,1-2H3,(H2,15,17). The van der Waals surface area contributed by atoms with Gasteiger partial charge in [-0.1, -0.05) is 19.1 Å². The van der Waals surface area contributed by atoms with Crippen LogP contribution in [0.1, 0.15) is 30.6 Å². The fourth-order valence-corrected chi connectivity index (χ4v) is 1.61. The smallest absolute Gasteiger partial charge is 0.252 e. The average Bonchev–Trinajstić information content (AvgIpc) is 2.37. The minimum atomic E-state index is -1.00. The summed E-state index contributed by atoms with van der Waals surface area (Å²) >= 11 is 0. The van der Waals surface area contributed by atoms with Gasteiger partial charge in [-0.3, -0.25) is 4.79 Å². The van der Waals surface area contributed by atoms with E-state index in [9.17, 15) is 9.90 Å². The van der Waals surface area contributed by atoms with Gasteiger partial charge in [-0.05, 0) is 32.0 Å². The van der Waals surface area contributed by atoms with Crippen molar-refractivity contribution >= 4 is 5.91 Å². The largest absolute Gasteiger partial charge is 0.490 e. The Morgan fingerprint density at radius 2 is 2.16 bits per heavy atom. The SMILES string of the molecule is CCCNCC(C)(O)COc1ccccc1C(N)=O. The third kappa shape index (κ3) is 5.28. The molecule has 0 saturated heterocycles. The number of carbonyl (C=O) groups is 1. The first-order valence-electron chi connectivity index (χ1n) is 6.41. The molecule has 0 spiro atoms. The van der Waals surface area contributed by atoms with Gasteiger partial charge >= 0.3 is 0 Å². The van der Waals surface area contributed by atoms with Gasteiger partial charge in [0.25, 0.3) is 5.91 Å². The summed E-state index contributed by atoms with van der Waals surface area (Å²) in [7, 11) is 0. The van der Waals surface area contributed by atoms with Crippen LogP contribution in [0.2, 0.25) is 0 Å². The van der Waals surface area contributed by atoms with E-state index in [1.165, 1.54) is 0 Å². The van der Waals surface area contributed by atoms with Crippen molar-refractivity contribution in [1.29, 1.82) is 0 Å². The molecule has 5 heteroatoms. The van der Waals surface area contributed by atoms with Gasteiger partial charge in [0, 0.05) is 6.54 Å². The van der Waals surface area contributed by atoms with Crippen molar-refractivity contribution in [2.75, 3.05) is 19.7 Å². The van der Waals surface area contributed by atoms with Gasteiger partial charge < -0.3 is 20.9 Å². The van der Waals surface area contributed by atoms with Crippen molar-refractivity contribution in [3.05, 3.63) is 29.8 Å². The molecule has 1 amide bonds.